The summed E-state index contributed by atoms with van der Waals surface area (Å²) in [5.74, 6) is 0. The zero-order chi connectivity index (χ0) is 23.1. The summed E-state index contributed by atoms with van der Waals surface area (Å²) in [7, 11) is 0. The number of unbranched alkanes of at least 4 members (excludes halogenated alkanes) is 9. The number of aliphatic hydroxyl groups is 2. The summed E-state index contributed by atoms with van der Waals surface area (Å²) < 4.78 is 5.20. The number of aryl methyl sites for hydroxylation is 1. The van der Waals surface area contributed by atoms with Gasteiger partial charge in [0.25, 0.3) is 0 Å². The van der Waals surface area contributed by atoms with Gasteiger partial charge in [-0.05, 0) is 45.7 Å². The van der Waals surface area contributed by atoms with E-state index in [1.165, 1.54) is 57.8 Å². The summed E-state index contributed by atoms with van der Waals surface area (Å²) in [4.78, 5) is 16.5. The topological polar surface area (TPSA) is 91.7 Å². The third kappa shape index (κ3) is 12.7. The van der Waals surface area contributed by atoms with Crippen LogP contribution in [-0.2, 0) is 11.2 Å². The number of carbonyl (C=O) groups is 1. The van der Waals surface area contributed by atoms with Gasteiger partial charge in [0.1, 0.15) is 11.7 Å². The molecule has 1 rings (SSSR count). The highest BCUT2D eigenvalue weighted by molar-refractivity contribution is 5.68. The van der Waals surface area contributed by atoms with Crippen molar-refractivity contribution < 1.29 is 19.7 Å². The van der Waals surface area contributed by atoms with E-state index in [1.54, 1.807) is 26.8 Å². The van der Waals surface area contributed by atoms with Crippen LogP contribution >= 0.6 is 0 Å². The number of nitrogens with one attached hydrogen (secondary N) is 1. The minimum Gasteiger partial charge on any atom is -0.444 e. The maximum Gasteiger partial charge on any atom is 0.408 e. The summed E-state index contributed by atoms with van der Waals surface area (Å²) in [5.41, 5.74) is 0.715. The molecule has 6 nitrogen and oxygen atoms in total. The van der Waals surface area contributed by atoms with Gasteiger partial charge in [-0.3, -0.25) is 4.98 Å². The van der Waals surface area contributed by atoms with Gasteiger partial charge in [-0.25, -0.2) is 4.79 Å². The first kappa shape index (κ1) is 27.4. The molecule has 2 atom stereocenters. The van der Waals surface area contributed by atoms with Gasteiger partial charge in [-0.2, -0.15) is 0 Å². The Kier molecular flexibility index (Phi) is 13.4. The van der Waals surface area contributed by atoms with Gasteiger partial charge in [0.15, 0.2) is 0 Å². The van der Waals surface area contributed by atoms with Gasteiger partial charge in [0.05, 0.1) is 18.3 Å². The molecule has 1 amide bonds. The molecule has 0 aliphatic heterocycles. The van der Waals surface area contributed by atoms with Gasteiger partial charge in [0.2, 0.25) is 0 Å². The molecule has 1 aromatic rings. The van der Waals surface area contributed by atoms with Crippen LogP contribution in [0.3, 0.4) is 0 Å². The summed E-state index contributed by atoms with van der Waals surface area (Å²) in [6.07, 6.45) is 12.0. The number of carbonyl (C=O) groups excluding carboxylic acids is 1. The Labute approximate surface area is 188 Å². The maximum absolute atomic E-state index is 12.0. The lowest BCUT2D eigenvalue weighted by atomic mass is 10.0. The number of alkyl carbamates (subject to hydrolysis) is 1. The highest BCUT2D eigenvalue weighted by atomic mass is 16.6. The number of hydrogen-bond acceptors (Lipinski definition) is 5. The van der Waals surface area contributed by atoms with E-state index in [-0.39, 0.29) is 0 Å². The van der Waals surface area contributed by atoms with E-state index < -0.39 is 30.4 Å². The number of aliphatic hydroxyl groups excluding tert-OH is 2. The quantitative estimate of drug-likeness (QED) is 0.317. The van der Waals surface area contributed by atoms with Crippen LogP contribution in [0.4, 0.5) is 4.79 Å². The second kappa shape index (κ2) is 15.2. The molecule has 31 heavy (non-hydrogen) atoms. The van der Waals surface area contributed by atoms with Crippen molar-refractivity contribution in [2.45, 2.75) is 116 Å². The van der Waals surface area contributed by atoms with E-state index >= 15 is 0 Å². The smallest absolute Gasteiger partial charge is 0.408 e. The predicted molar refractivity (Wildman–Crippen MR) is 125 cm³/mol. The second-order valence-corrected chi connectivity index (χ2v) is 9.37. The first-order valence-electron chi connectivity index (χ1n) is 12.0. The molecular weight excluding hydrogens is 392 g/mol. The summed E-state index contributed by atoms with van der Waals surface area (Å²) >= 11 is 0. The van der Waals surface area contributed by atoms with Crippen LogP contribution in [0.15, 0.2) is 18.2 Å². The number of nitrogens with zero attached hydrogens (tertiary/aromatic N) is 1. The molecule has 0 aliphatic rings. The van der Waals surface area contributed by atoms with Crippen LogP contribution in [0, 0.1) is 0 Å². The third-order valence-corrected chi connectivity index (χ3v) is 5.20. The van der Waals surface area contributed by atoms with Crippen LogP contribution in [0.5, 0.6) is 0 Å². The molecule has 0 aliphatic carbocycles. The largest absolute Gasteiger partial charge is 0.444 e. The molecule has 6 heteroatoms. The molecule has 178 valence electrons. The Morgan fingerprint density at radius 2 is 1.61 bits per heavy atom. The highest BCUT2D eigenvalue weighted by Crippen LogP contribution is 2.18. The monoisotopic (exact) mass is 436 g/mol. The van der Waals surface area contributed by atoms with E-state index in [9.17, 15) is 15.0 Å². The lowest BCUT2D eigenvalue weighted by Crippen LogP contribution is -2.44. The first-order chi connectivity index (χ1) is 14.8. The molecule has 1 aromatic heterocycles. The molecule has 0 unspecified atom stereocenters. The fraction of sp³-hybridized carbons (Fsp3) is 0.760. The molecule has 0 spiro atoms. The molecule has 3 N–H and O–H groups in total. The molecule has 1 heterocycles. The number of hydrogen-bond donors (Lipinski definition) is 3. The molecule has 0 saturated carbocycles. The highest BCUT2D eigenvalue weighted by Gasteiger charge is 2.26. The molecule has 0 fully saturated rings. The zero-order valence-electron chi connectivity index (χ0n) is 20.0. The Morgan fingerprint density at radius 1 is 1.03 bits per heavy atom. The number of rotatable bonds is 15. The van der Waals surface area contributed by atoms with E-state index in [0.717, 1.165) is 18.5 Å². The Morgan fingerprint density at radius 3 is 2.16 bits per heavy atom. The van der Waals surface area contributed by atoms with E-state index in [4.69, 9.17) is 4.74 Å². The van der Waals surface area contributed by atoms with E-state index in [0.29, 0.717) is 5.69 Å². The van der Waals surface area contributed by atoms with Gasteiger partial charge >= 0.3 is 6.09 Å². The average molecular weight is 437 g/mol. The van der Waals surface area contributed by atoms with Crippen LogP contribution < -0.4 is 5.32 Å². The first-order valence-corrected chi connectivity index (χ1v) is 12.0. The van der Waals surface area contributed by atoms with Gasteiger partial charge in [0, 0.05) is 5.69 Å². The molecule has 0 aromatic carbocycles. The Bertz CT molecular complexity index is 616. The second-order valence-electron chi connectivity index (χ2n) is 9.37. The van der Waals surface area contributed by atoms with E-state index in [2.05, 4.69) is 17.2 Å². The fourth-order valence-corrected chi connectivity index (χ4v) is 3.49. The Hall–Kier alpha value is -1.66. The lowest BCUT2D eigenvalue weighted by molar-refractivity contribution is 0.0343. The number of ether oxygens (including phenoxy) is 1. The minimum absolute atomic E-state index is 0.412. The lowest BCUT2D eigenvalue weighted by Gasteiger charge is -2.25. The predicted octanol–water partition coefficient (Wildman–Crippen LogP) is 5.46. The van der Waals surface area contributed by atoms with Crippen LogP contribution in [0.1, 0.15) is 109 Å². The molecular formula is C25H44N2O4. The van der Waals surface area contributed by atoms with Crippen molar-refractivity contribution in [1.82, 2.24) is 10.3 Å². The standard InChI is InChI=1S/C25H44N2O4/c1-5-6-7-8-9-10-11-12-13-14-16-20-17-15-18-21(26-20)23(29)22(19-28)27-24(30)31-25(2,3)4/h15,17-18,22-23,28-29H,5-14,16,19H2,1-4H3,(H,27,30)/t22-,23+/m0/s1. The summed E-state index contributed by atoms with van der Waals surface area (Å²) in [5, 5.41) is 22.8. The Balaban J connectivity index is 2.39. The van der Waals surface area contributed by atoms with Crippen molar-refractivity contribution in [3.05, 3.63) is 29.6 Å². The number of pyridine rings is 1. The third-order valence-electron chi connectivity index (χ3n) is 5.20. The van der Waals surface area contributed by atoms with Crippen LogP contribution in [0.25, 0.3) is 0 Å². The SMILES string of the molecule is CCCCCCCCCCCCc1cccc([C@@H](O)[C@H](CO)NC(=O)OC(C)(C)C)n1. The van der Waals surface area contributed by atoms with Crippen molar-refractivity contribution in [2.75, 3.05) is 6.61 Å². The van der Waals surface area contributed by atoms with Crippen molar-refractivity contribution in [2.24, 2.45) is 0 Å². The normalized spacial score (nSPS) is 13.6. The van der Waals surface area contributed by atoms with Crippen molar-refractivity contribution >= 4 is 6.09 Å². The van der Waals surface area contributed by atoms with Gasteiger partial charge in [-0.15, -0.1) is 0 Å². The van der Waals surface area contributed by atoms with Crippen molar-refractivity contribution in [3.63, 3.8) is 0 Å². The summed E-state index contributed by atoms with van der Waals surface area (Å²) in [6, 6.07) is 4.65. The van der Waals surface area contributed by atoms with Gasteiger partial charge in [-0.1, -0.05) is 70.8 Å². The number of aromatic nitrogens is 1. The van der Waals surface area contributed by atoms with Crippen molar-refractivity contribution in [3.8, 4) is 0 Å². The van der Waals surface area contributed by atoms with Gasteiger partial charge < -0.3 is 20.3 Å². The average Bonchev–Trinajstić information content (AvgIpc) is 2.72. The van der Waals surface area contributed by atoms with E-state index in [1.807, 2.05) is 12.1 Å². The molecule has 0 saturated heterocycles. The van der Waals surface area contributed by atoms with Crippen molar-refractivity contribution in [1.29, 1.82) is 0 Å². The number of amides is 1. The minimum atomic E-state index is -1.11. The summed E-state index contributed by atoms with van der Waals surface area (Å²) in [6.45, 7) is 7.11. The fourth-order valence-electron chi connectivity index (χ4n) is 3.49. The van der Waals surface area contributed by atoms with Crippen LogP contribution in [0.2, 0.25) is 0 Å². The molecule has 0 radical (unpaired) electrons. The maximum atomic E-state index is 12.0. The zero-order valence-corrected chi connectivity index (χ0v) is 20.0. The molecule has 0 bridgehead atoms. The van der Waals surface area contributed by atoms with Crippen LogP contribution in [-0.4, -0.2) is 39.5 Å².